The Morgan fingerprint density at radius 3 is 2.59 bits per heavy atom. The van der Waals surface area contributed by atoms with E-state index in [2.05, 4.69) is 5.32 Å². The molecule has 122 valence electrons. The highest BCUT2D eigenvalue weighted by Gasteiger charge is 2.24. The summed E-state index contributed by atoms with van der Waals surface area (Å²) in [5.74, 6) is -0.151. The van der Waals surface area contributed by atoms with Crippen LogP contribution in [0.3, 0.4) is 0 Å². The van der Waals surface area contributed by atoms with Crippen LogP contribution in [0, 0.1) is 0 Å². The van der Waals surface area contributed by atoms with Gasteiger partial charge < -0.3 is 15.2 Å². The number of hydrogen-bond acceptors (Lipinski definition) is 3. The van der Waals surface area contributed by atoms with Crippen LogP contribution in [0.15, 0.2) is 24.3 Å². The molecule has 1 fully saturated rings. The second-order valence-corrected chi connectivity index (χ2v) is 6.19. The van der Waals surface area contributed by atoms with Gasteiger partial charge in [0.1, 0.15) is 6.10 Å². The monoisotopic (exact) mass is 325 g/mol. The van der Waals surface area contributed by atoms with Crippen LogP contribution in [0.5, 0.6) is 0 Å². The summed E-state index contributed by atoms with van der Waals surface area (Å²) < 4.78 is 5.86. The van der Waals surface area contributed by atoms with Crippen LogP contribution in [-0.4, -0.2) is 29.8 Å². The van der Waals surface area contributed by atoms with Gasteiger partial charge in [-0.05, 0) is 37.0 Å². The second kappa shape index (κ2) is 8.51. The lowest BCUT2D eigenvalue weighted by Gasteiger charge is -2.21. The molecule has 1 aromatic carbocycles. The van der Waals surface area contributed by atoms with Gasteiger partial charge in [-0.15, -0.1) is 0 Å². The first kappa shape index (κ1) is 17.3. The second-order valence-electron chi connectivity index (χ2n) is 5.75. The summed E-state index contributed by atoms with van der Waals surface area (Å²) >= 11 is 5.82. The summed E-state index contributed by atoms with van der Waals surface area (Å²) in [7, 11) is 0. The molecule has 2 rings (SSSR count). The molecule has 2 atom stereocenters. The number of halogens is 1. The molecular weight excluding hydrogens is 302 g/mol. The fraction of sp³-hybridized carbons (Fsp3) is 0.588. The average Bonchev–Trinajstić information content (AvgIpc) is 3.03. The van der Waals surface area contributed by atoms with E-state index in [1.807, 2.05) is 6.92 Å². The van der Waals surface area contributed by atoms with E-state index in [1.165, 1.54) is 12.8 Å². The van der Waals surface area contributed by atoms with Gasteiger partial charge in [0.05, 0.1) is 12.2 Å². The highest BCUT2D eigenvalue weighted by atomic mass is 35.5. The van der Waals surface area contributed by atoms with Crippen molar-refractivity contribution in [2.24, 2.45) is 0 Å². The van der Waals surface area contributed by atoms with Crippen LogP contribution in [0.1, 0.15) is 50.7 Å². The van der Waals surface area contributed by atoms with Crippen LogP contribution in [-0.2, 0) is 9.53 Å². The van der Waals surface area contributed by atoms with Crippen molar-refractivity contribution in [2.45, 2.75) is 57.3 Å². The third-order valence-corrected chi connectivity index (χ3v) is 4.30. The molecule has 4 nitrogen and oxygen atoms in total. The summed E-state index contributed by atoms with van der Waals surface area (Å²) in [5, 5.41) is 13.5. The molecule has 1 aliphatic rings. The van der Waals surface area contributed by atoms with Crippen LogP contribution >= 0.6 is 11.6 Å². The summed E-state index contributed by atoms with van der Waals surface area (Å²) in [6.45, 7) is 2.11. The normalized spacial score (nSPS) is 18.1. The molecule has 1 aromatic rings. The van der Waals surface area contributed by atoms with E-state index in [-0.39, 0.29) is 18.6 Å². The minimum Gasteiger partial charge on any atom is -0.387 e. The zero-order valence-electron chi connectivity index (χ0n) is 12.9. The van der Waals surface area contributed by atoms with Crippen molar-refractivity contribution < 1.29 is 14.6 Å². The van der Waals surface area contributed by atoms with E-state index in [9.17, 15) is 9.90 Å². The first-order valence-corrected chi connectivity index (χ1v) is 8.34. The van der Waals surface area contributed by atoms with Crippen LogP contribution in [0.4, 0.5) is 0 Å². The van der Waals surface area contributed by atoms with E-state index < -0.39 is 12.2 Å². The Hall–Kier alpha value is -1.10. The van der Waals surface area contributed by atoms with Gasteiger partial charge >= 0.3 is 0 Å². The largest absolute Gasteiger partial charge is 0.387 e. The van der Waals surface area contributed by atoms with Crippen molar-refractivity contribution in [3.8, 4) is 0 Å². The lowest BCUT2D eigenvalue weighted by atomic mass is 10.1. The molecule has 0 aromatic heterocycles. The molecular formula is C17H24ClNO3. The van der Waals surface area contributed by atoms with Gasteiger partial charge in [-0.2, -0.15) is 0 Å². The van der Waals surface area contributed by atoms with Crippen molar-refractivity contribution in [3.05, 3.63) is 34.9 Å². The minimum absolute atomic E-state index is 0.151. The number of carbonyl (C=O) groups excluding carboxylic acids is 1. The van der Waals surface area contributed by atoms with Gasteiger partial charge in [0.15, 0.2) is 0 Å². The van der Waals surface area contributed by atoms with E-state index in [0.717, 1.165) is 18.4 Å². The molecule has 5 heteroatoms. The Morgan fingerprint density at radius 2 is 2.00 bits per heavy atom. The topological polar surface area (TPSA) is 58.6 Å². The van der Waals surface area contributed by atoms with Gasteiger partial charge in [-0.25, -0.2) is 0 Å². The number of aliphatic hydroxyl groups excluding tert-OH is 1. The van der Waals surface area contributed by atoms with E-state index in [1.54, 1.807) is 24.3 Å². The Bertz CT molecular complexity index is 471. The maximum absolute atomic E-state index is 12.2. The van der Waals surface area contributed by atoms with Crippen molar-refractivity contribution in [1.82, 2.24) is 5.32 Å². The quantitative estimate of drug-likeness (QED) is 0.809. The summed E-state index contributed by atoms with van der Waals surface area (Å²) in [5.41, 5.74) is 0.731. The zero-order chi connectivity index (χ0) is 15.9. The SMILES string of the molecule is CCC(OC1CCCC1)C(=O)NCC(O)c1ccc(Cl)cc1. The highest BCUT2D eigenvalue weighted by molar-refractivity contribution is 6.30. The van der Waals surface area contributed by atoms with Crippen molar-refractivity contribution in [1.29, 1.82) is 0 Å². The molecule has 0 saturated heterocycles. The molecule has 22 heavy (non-hydrogen) atoms. The van der Waals surface area contributed by atoms with E-state index in [4.69, 9.17) is 16.3 Å². The fourth-order valence-electron chi connectivity index (χ4n) is 2.71. The van der Waals surface area contributed by atoms with Crippen molar-refractivity contribution in [3.63, 3.8) is 0 Å². The number of carbonyl (C=O) groups is 1. The van der Waals surface area contributed by atoms with Gasteiger partial charge in [-0.3, -0.25) is 4.79 Å². The number of hydrogen-bond donors (Lipinski definition) is 2. The number of amides is 1. The molecule has 1 aliphatic carbocycles. The molecule has 0 aliphatic heterocycles. The molecule has 1 amide bonds. The lowest BCUT2D eigenvalue weighted by Crippen LogP contribution is -2.39. The van der Waals surface area contributed by atoms with Gasteiger partial charge in [0.2, 0.25) is 5.91 Å². The molecule has 0 heterocycles. The molecule has 0 bridgehead atoms. The van der Waals surface area contributed by atoms with Gasteiger partial charge in [0, 0.05) is 11.6 Å². The van der Waals surface area contributed by atoms with E-state index >= 15 is 0 Å². The Kier molecular flexibility index (Phi) is 6.68. The number of ether oxygens (including phenoxy) is 1. The minimum atomic E-state index is -0.745. The molecule has 0 radical (unpaired) electrons. The third kappa shape index (κ3) is 4.97. The molecule has 1 saturated carbocycles. The maximum atomic E-state index is 12.2. The lowest BCUT2D eigenvalue weighted by molar-refractivity contribution is -0.137. The van der Waals surface area contributed by atoms with Crippen LogP contribution in [0.2, 0.25) is 5.02 Å². The zero-order valence-corrected chi connectivity index (χ0v) is 13.7. The maximum Gasteiger partial charge on any atom is 0.249 e. The smallest absolute Gasteiger partial charge is 0.249 e. The summed E-state index contributed by atoms with van der Waals surface area (Å²) in [6.07, 6.45) is 4.10. The first-order valence-electron chi connectivity index (χ1n) is 7.97. The predicted molar refractivity (Wildman–Crippen MR) is 86.8 cm³/mol. The number of benzene rings is 1. The van der Waals surface area contributed by atoms with Crippen molar-refractivity contribution in [2.75, 3.05) is 6.54 Å². The Labute approximate surface area is 136 Å². The summed E-state index contributed by atoms with van der Waals surface area (Å²) in [4.78, 5) is 12.2. The third-order valence-electron chi connectivity index (χ3n) is 4.05. The highest BCUT2D eigenvalue weighted by Crippen LogP contribution is 2.23. The number of rotatable bonds is 7. The number of nitrogens with one attached hydrogen (secondary N) is 1. The van der Waals surface area contributed by atoms with Crippen LogP contribution < -0.4 is 5.32 Å². The summed E-state index contributed by atoms with van der Waals surface area (Å²) in [6, 6.07) is 6.96. The Balaban J connectivity index is 1.80. The molecule has 2 unspecified atom stereocenters. The first-order chi connectivity index (χ1) is 10.6. The standard InChI is InChI=1S/C17H24ClNO3/c1-2-16(22-14-5-3-4-6-14)17(21)19-11-15(20)12-7-9-13(18)10-8-12/h7-10,14-16,20H,2-6,11H2,1H3,(H,19,21). The Morgan fingerprint density at radius 1 is 1.36 bits per heavy atom. The average molecular weight is 326 g/mol. The van der Waals surface area contributed by atoms with E-state index in [0.29, 0.717) is 11.4 Å². The molecule has 2 N–H and O–H groups in total. The van der Waals surface area contributed by atoms with Gasteiger partial charge in [0.25, 0.3) is 0 Å². The predicted octanol–water partition coefficient (Wildman–Crippen LogP) is 3.23. The van der Waals surface area contributed by atoms with Gasteiger partial charge in [-0.1, -0.05) is 43.5 Å². The number of aliphatic hydroxyl groups is 1. The fourth-order valence-corrected chi connectivity index (χ4v) is 2.84. The molecule has 0 spiro atoms. The van der Waals surface area contributed by atoms with Crippen molar-refractivity contribution >= 4 is 17.5 Å². The van der Waals surface area contributed by atoms with Crippen LogP contribution in [0.25, 0.3) is 0 Å².